The first-order valence-electron chi connectivity index (χ1n) is 12.7. The van der Waals surface area contributed by atoms with Crippen LogP contribution in [0.4, 0.5) is 22.7 Å². The highest BCUT2D eigenvalue weighted by atomic mass is 127. The maximum absolute atomic E-state index is 9.62. The second-order valence-corrected chi connectivity index (χ2v) is 10.4. The number of anilines is 4. The first-order valence-corrected chi connectivity index (χ1v) is 13.5. The molecule has 2 fully saturated rings. The molecule has 2 aromatic carbocycles. The van der Waals surface area contributed by atoms with Gasteiger partial charge >= 0.3 is 0 Å². The number of rotatable bonds is 6. The van der Waals surface area contributed by atoms with Crippen molar-refractivity contribution < 1.29 is 9.84 Å². The van der Waals surface area contributed by atoms with E-state index < -0.39 is 0 Å². The van der Waals surface area contributed by atoms with Gasteiger partial charge in [-0.15, -0.1) is 24.0 Å². The predicted octanol–water partition coefficient (Wildman–Crippen LogP) is 6.22. The Bertz CT molecular complexity index is 994. The molecule has 0 radical (unpaired) electrons. The van der Waals surface area contributed by atoms with Gasteiger partial charge in [-0.2, -0.15) is 0 Å². The van der Waals surface area contributed by atoms with E-state index in [1.165, 1.54) is 62.9 Å². The number of nitrogens with zero attached hydrogens (tertiary/aromatic N) is 2. The average Bonchev–Trinajstić information content (AvgIpc) is 2.87. The van der Waals surface area contributed by atoms with Gasteiger partial charge in [0.2, 0.25) is 0 Å². The van der Waals surface area contributed by atoms with Crippen molar-refractivity contribution in [2.24, 2.45) is 0 Å². The maximum Gasteiger partial charge on any atom is 0.0642 e. The molecule has 1 unspecified atom stereocenters. The van der Waals surface area contributed by atoms with Gasteiger partial charge in [0.15, 0.2) is 0 Å². The number of fused-ring (bicyclic) bond motifs is 2. The van der Waals surface area contributed by atoms with E-state index in [0.717, 1.165) is 52.1 Å². The Morgan fingerprint density at radius 1 is 0.941 bits per heavy atom. The van der Waals surface area contributed by atoms with Crippen molar-refractivity contribution in [1.29, 1.82) is 0 Å². The van der Waals surface area contributed by atoms with Crippen LogP contribution in [-0.2, 0) is 17.6 Å². The van der Waals surface area contributed by atoms with Gasteiger partial charge in [0.05, 0.1) is 24.6 Å². The molecule has 0 spiro atoms. The highest BCUT2D eigenvalue weighted by molar-refractivity contribution is 14.0. The normalized spacial score (nSPS) is 19.7. The number of benzene rings is 2. The lowest BCUT2D eigenvalue weighted by Crippen LogP contribution is -2.40. The molecule has 0 amide bonds. The van der Waals surface area contributed by atoms with E-state index >= 15 is 0 Å². The summed E-state index contributed by atoms with van der Waals surface area (Å²) < 4.78 is 5.58. The summed E-state index contributed by atoms with van der Waals surface area (Å²) in [4.78, 5) is 7.66. The molecule has 34 heavy (non-hydrogen) atoms. The van der Waals surface area contributed by atoms with Gasteiger partial charge < -0.3 is 25.0 Å². The van der Waals surface area contributed by atoms with Crippen molar-refractivity contribution >= 4 is 58.5 Å². The first-order chi connectivity index (χ1) is 16.2. The maximum atomic E-state index is 9.62. The Morgan fingerprint density at radius 2 is 1.59 bits per heavy atom. The zero-order chi connectivity index (χ0) is 22.8. The van der Waals surface area contributed by atoms with Crippen LogP contribution in [0.3, 0.4) is 0 Å². The van der Waals surface area contributed by atoms with Crippen LogP contribution >= 0.6 is 35.7 Å². The molecule has 0 saturated carbocycles. The summed E-state index contributed by atoms with van der Waals surface area (Å²) in [6.07, 6.45) is 6.55. The number of halogens is 1. The Hall–Kier alpha value is -1.16. The lowest BCUT2D eigenvalue weighted by atomic mass is 9.97. The molecule has 0 aliphatic carbocycles. The zero-order valence-corrected chi connectivity index (χ0v) is 23.6. The molecule has 2 aromatic rings. The van der Waals surface area contributed by atoms with Crippen LogP contribution in [0.5, 0.6) is 0 Å². The van der Waals surface area contributed by atoms with Gasteiger partial charge in [-0.1, -0.05) is 25.6 Å². The molecule has 3 aliphatic rings. The number of ether oxygens (including phenoxy) is 1. The summed E-state index contributed by atoms with van der Waals surface area (Å²) in [5.41, 5.74) is 7.97. The Morgan fingerprint density at radius 3 is 2.24 bits per heavy atom. The second-order valence-electron chi connectivity index (χ2n) is 9.34. The number of hydrogen-bond acceptors (Lipinski definition) is 6. The minimum atomic E-state index is 0. The number of morpholine rings is 1. The van der Waals surface area contributed by atoms with Gasteiger partial charge in [-0.05, 0) is 73.9 Å². The number of hydrogen-bond donors (Lipinski definition) is 2. The van der Waals surface area contributed by atoms with E-state index in [0.29, 0.717) is 6.04 Å². The fraction of sp³-hybridized carbons (Fsp3) is 0.556. The van der Waals surface area contributed by atoms with E-state index in [9.17, 15) is 5.11 Å². The number of aryl methyl sites for hydroxylation is 2. The number of piperidine rings is 1. The minimum Gasteiger partial charge on any atom is -0.396 e. The van der Waals surface area contributed by atoms with Crippen LogP contribution in [-0.4, -0.2) is 50.6 Å². The van der Waals surface area contributed by atoms with Gasteiger partial charge in [-0.3, -0.25) is 0 Å². The van der Waals surface area contributed by atoms with Crippen LogP contribution in [0, 0.1) is 0 Å². The van der Waals surface area contributed by atoms with E-state index in [-0.39, 0.29) is 30.6 Å². The zero-order valence-electron chi connectivity index (χ0n) is 20.4. The molecule has 7 heteroatoms. The smallest absolute Gasteiger partial charge is 0.0642 e. The summed E-state index contributed by atoms with van der Waals surface area (Å²) in [6.45, 7) is 9.39. The molecular weight excluding hydrogens is 557 g/mol. The summed E-state index contributed by atoms with van der Waals surface area (Å²) in [7, 11) is 0. The fourth-order valence-corrected chi connectivity index (χ4v) is 6.68. The lowest BCUT2D eigenvalue weighted by molar-refractivity contribution is 0.122. The third-order valence-electron chi connectivity index (χ3n) is 7.37. The highest BCUT2D eigenvalue weighted by Crippen LogP contribution is 2.50. The Labute approximate surface area is 225 Å². The third-order valence-corrected chi connectivity index (χ3v) is 8.45. The number of aliphatic hydroxyl groups excluding tert-OH is 1. The average molecular weight is 596 g/mol. The Kier molecular flexibility index (Phi) is 8.93. The molecule has 5 rings (SSSR count). The monoisotopic (exact) mass is 595 g/mol. The van der Waals surface area contributed by atoms with Crippen LogP contribution in [0.1, 0.15) is 50.7 Å². The van der Waals surface area contributed by atoms with Gasteiger partial charge in [0.1, 0.15) is 0 Å². The Balaban J connectivity index is 0.00000274. The molecule has 1 atom stereocenters. The SMILES string of the molecule is CCc1cc(N2CCOCC2)cc2c1Nc1c(CC)cc(N3CCCCC3CCO)cc1S2.I. The van der Waals surface area contributed by atoms with Crippen LogP contribution in [0.25, 0.3) is 0 Å². The van der Waals surface area contributed by atoms with Crippen molar-refractivity contribution in [1.82, 2.24) is 0 Å². The molecule has 3 heterocycles. The summed E-state index contributed by atoms with van der Waals surface area (Å²) in [5, 5.41) is 13.5. The number of aliphatic hydroxyl groups is 1. The van der Waals surface area contributed by atoms with Crippen molar-refractivity contribution in [3.05, 3.63) is 35.4 Å². The molecule has 0 aromatic heterocycles. The van der Waals surface area contributed by atoms with Crippen LogP contribution < -0.4 is 15.1 Å². The molecule has 186 valence electrons. The summed E-state index contributed by atoms with van der Waals surface area (Å²) in [5.74, 6) is 0. The van der Waals surface area contributed by atoms with Crippen molar-refractivity contribution in [2.75, 3.05) is 54.6 Å². The van der Waals surface area contributed by atoms with E-state index in [2.05, 4.69) is 53.2 Å². The molecular formula is C27H38IN3O2S. The predicted molar refractivity (Wildman–Crippen MR) is 154 cm³/mol. The largest absolute Gasteiger partial charge is 0.396 e. The van der Waals surface area contributed by atoms with E-state index in [4.69, 9.17) is 4.74 Å². The minimum absolute atomic E-state index is 0. The molecule has 2 saturated heterocycles. The topological polar surface area (TPSA) is 48.0 Å². The third kappa shape index (κ3) is 5.18. The summed E-state index contributed by atoms with van der Waals surface area (Å²) >= 11 is 1.92. The standard InChI is InChI=1S/C27H37N3O2S.HI/c1-3-19-15-22(29-10-13-32-14-11-29)17-24-26(19)28-27-20(4-2)16-23(18-25(27)33-24)30-9-6-5-7-21(30)8-12-31;/h15-18,21,28,31H,3-14H2,1-2H3;1H. The van der Waals surface area contributed by atoms with Crippen molar-refractivity contribution in [3.63, 3.8) is 0 Å². The number of nitrogens with one attached hydrogen (secondary N) is 1. The second kappa shape index (κ2) is 11.7. The molecule has 2 N–H and O–H groups in total. The van der Waals surface area contributed by atoms with Crippen LogP contribution in [0.15, 0.2) is 34.1 Å². The molecule has 0 bridgehead atoms. The van der Waals surface area contributed by atoms with E-state index in [1.54, 1.807) is 0 Å². The van der Waals surface area contributed by atoms with E-state index in [1.807, 2.05) is 11.8 Å². The molecule has 5 nitrogen and oxygen atoms in total. The lowest BCUT2D eigenvalue weighted by Gasteiger charge is -2.38. The van der Waals surface area contributed by atoms with Crippen LogP contribution in [0.2, 0.25) is 0 Å². The van der Waals surface area contributed by atoms with Crippen molar-refractivity contribution in [2.45, 2.75) is 68.2 Å². The first kappa shape index (κ1) is 25.9. The molecule has 3 aliphatic heterocycles. The summed E-state index contributed by atoms with van der Waals surface area (Å²) in [6, 6.07) is 9.96. The van der Waals surface area contributed by atoms with Crippen molar-refractivity contribution in [3.8, 4) is 0 Å². The highest BCUT2D eigenvalue weighted by Gasteiger charge is 2.27. The van der Waals surface area contributed by atoms with Gasteiger partial charge in [0.25, 0.3) is 0 Å². The van der Waals surface area contributed by atoms with Gasteiger partial charge in [-0.25, -0.2) is 0 Å². The fourth-order valence-electron chi connectivity index (χ4n) is 5.52. The quantitative estimate of drug-likeness (QED) is 0.331. The van der Waals surface area contributed by atoms with Gasteiger partial charge in [0, 0.05) is 53.4 Å².